The van der Waals surface area contributed by atoms with Gasteiger partial charge in [0.05, 0.1) is 0 Å². The summed E-state index contributed by atoms with van der Waals surface area (Å²) in [5.41, 5.74) is 6.41. The van der Waals surface area contributed by atoms with Crippen molar-refractivity contribution in [2.45, 2.75) is 0 Å². The molecule has 0 spiro atoms. The second-order valence-electron chi connectivity index (χ2n) is 7.13. The Hall–Kier alpha value is -2.54. The van der Waals surface area contributed by atoms with Crippen LogP contribution in [0, 0.1) is 10.2 Å². The van der Waals surface area contributed by atoms with Crippen LogP contribution in [0.3, 0.4) is 0 Å². The molecule has 0 saturated carbocycles. The molecule has 1 aliphatic heterocycles. The maximum atomic E-state index is 8.49. The van der Waals surface area contributed by atoms with E-state index in [4.69, 9.17) is 18.6 Å². The van der Waals surface area contributed by atoms with E-state index in [2.05, 4.69) is 116 Å². The second-order valence-corrected chi connectivity index (χ2v) is 10.2. The molecule has 0 atom stereocenters. The minimum Gasteiger partial charge on any atom is -0.222 e. The fraction of sp³-hybridized carbons (Fsp3) is 0.0800. The summed E-state index contributed by atoms with van der Waals surface area (Å²) in [6.07, 6.45) is 15.5. The van der Waals surface area contributed by atoms with Crippen molar-refractivity contribution in [2.75, 3.05) is 14.1 Å². The van der Waals surface area contributed by atoms with Crippen molar-refractivity contribution in [2.24, 2.45) is 0 Å². The van der Waals surface area contributed by atoms with Crippen molar-refractivity contribution in [1.82, 2.24) is 0 Å². The summed E-state index contributed by atoms with van der Waals surface area (Å²) in [5.74, 6) is 0. The number of fused-ring (bicyclic) bond motifs is 1. The Morgan fingerprint density at radius 2 is 1.38 bits per heavy atom. The summed E-state index contributed by atoms with van der Waals surface area (Å²) in [6, 6.07) is 19.5. The Morgan fingerprint density at radius 1 is 0.781 bits per heavy atom. The molecule has 0 bridgehead atoms. The maximum Gasteiger partial charge on any atom is -0.112 e. The van der Waals surface area contributed by atoms with E-state index in [1.54, 1.807) is 0 Å². The summed E-state index contributed by atoms with van der Waals surface area (Å²) in [5, 5.41) is 0. The molecule has 164 valence electrons. The third-order valence-corrected chi connectivity index (χ3v) is 7.04. The van der Waals surface area contributed by atoms with Gasteiger partial charge in [0.25, 0.3) is 0 Å². The Morgan fingerprint density at radius 3 is 2.00 bits per heavy atom. The van der Waals surface area contributed by atoms with Crippen LogP contribution in [0.5, 0.6) is 0 Å². The summed E-state index contributed by atoms with van der Waals surface area (Å²) in [4.78, 5) is 0. The first-order chi connectivity index (χ1) is 15.2. The van der Waals surface area contributed by atoms with Crippen molar-refractivity contribution in [1.29, 1.82) is 0 Å². The van der Waals surface area contributed by atoms with E-state index < -0.39 is 10.2 Å². The molecule has 0 aromatic heterocycles. The van der Waals surface area contributed by atoms with Crippen LogP contribution in [0.4, 0.5) is 0 Å². The molecule has 5 nitrogen and oxygen atoms in total. The molecule has 0 unspecified atom stereocenters. The summed E-state index contributed by atoms with van der Waals surface area (Å²) >= 11 is 0.336. The van der Waals surface area contributed by atoms with Crippen molar-refractivity contribution in [3.8, 4) is 0 Å². The van der Waals surface area contributed by atoms with Crippen molar-refractivity contribution < 1.29 is 33.5 Å². The van der Waals surface area contributed by atoms with Crippen LogP contribution in [0.15, 0.2) is 103 Å². The van der Waals surface area contributed by atoms with Gasteiger partial charge in [0.1, 0.15) is 0 Å². The molecule has 4 rings (SSSR count). The number of allylic oxidation sites excluding steroid dienone is 9. The predicted octanol–water partition coefficient (Wildman–Crippen LogP) is -0.536. The smallest absolute Gasteiger partial charge is 0.112 e. The van der Waals surface area contributed by atoms with Crippen LogP contribution in [-0.4, -0.2) is 39.3 Å². The fourth-order valence-corrected chi connectivity index (χ4v) is 5.46. The van der Waals surface area contributed by atoms with Crippen LogP contribution in [0.1, 0.15) is 11.1 Å². The molecule has 7 heteroatoms. The summed E-state index contributed by atoms with van der Waals surface area (Å²) < 4.78 is 39.0. The number of nitrogens with zero attached hydrogens (tertiary/aromatic N) is 1. The summed E-state index contributed by atoms with van der Waals surface area (Å²) in [7, 11) is -0.811. The van der Waals surface area contributed by atoms with Crippen LogP contribution in [0.25, 0.3) is 10.0 Å². The van der Waals surface area contributed by atoms with Gasteiger partial charge < -0.3 is 0 Å². The normalized spacial score (nSPS) is 16.2. The molecule has 0 radical (unpaired) electrons. The molecular weight excluding hydrogens is 493 g/mol. The van der Waals surface area contributed by atoms with Crippen LogP contribution in [0.2, 0.25) is 0 Å². The standard InChI is InChI=1S/C25H22NSe.ClHO4/c1-26(2)22-16-13-19(14-17-22)12-15-21-18-25(20-8-4-3-5-9-20)27-24-11-7-6-10-23(21)24;2-1(3,4)5/h3-18H,1-2H3;(H,2,3,4,5)/q+1;/p-1/b21-15-;. The van der Waals surface area contributed by atoms with Crippen LogP contribution in [-0.2, 0) is 0 Å². The van der Waals surface area contributed by atoms with E-state index in [1.165, 1.54) is 36.9 Å². The number of hydrogen-bond acceptors (Lipinski definition) is 4. The van der Waals surface area contributed by atoms with Crippen LogP contribution < -0.4 is 23.1 Å². The van der Waals surface area contributed by atoms with E-state index in [0.717, 1.165) is 0 Å². The molecule has 0 N–H and O–H groups in total. The first-order valence-corrected chi connectivity index (χ1v) is 12.6. The average Bonchev–Trinajstić information content (AvgIpc) is 2.77. The zero-order chi connectivity index (χ0) is 23.1. The van der Waals surface area contributed by atoms with Crippen molar-refractivity contribution in [3.05, 3.63) is 114 Å². The Labute approximate surface area is 196 Å². The quantitative estimate of drug-likeness (QED) is 0.397. The largest absolute Gasteiger partial charge is 0.222 e. The van der Waals surface area contributed by atoms with Gasteiger partial charge in [0.15, 0.2) is 0 Å². The molecule has 1 heterocycles. The molecule has 32 heavy (non-hydrogen) atoms. The van der Waals surface area contributed by atoms with Crippen LogP contribution >= 0.6 is 0 Å². The molecule has 2 aromatic carbocycles. The van der Waals surface area contributed by atoms with E-state index in [-0.39, 0.29) is 0 Å². The van der Waals surface area contributed by atoms with E-state index in [0.29, 0.717) is 15.0 Å². The van der Waals surface area contributed by atoms with Gasteiger partial charge in [-0.25, -0.2) is 18.6 Å². The Bertz CT molecular complexity index is 1130. The number of benzene rings is 2. The van der Waals surface area contributed by atoms with E-state index in [1.807, 2.05) is 0 Å². The molecule has 2 aromatic rings. The topological polar surface area (TPSA) is 95.2 Å². The van der Waals surface area contributed by atoms with Crippen molar-refractivity contribution in [3.63, 3.8) is 0 Å². The van der Waals surface area contributed by atoms with Gasteiger partial charge in [-0.1, -0.05) is 0 Å². The fourth-order valence-electron chi connectivity index (χ4n) is 3.11. The molecule has 0 amide bonds. The molecule has 0 fully saturated rings. The third kappa shape index (κ3) is 7.26. The van der Waals surface area contributed by atoms with Gasteiger partial charge in [-0.15, -0.1) is 10.2 Å². The van der Waals surface area contributed by atoms with E-state index in [9.17, 15) is 0 Å². The Kier molecular flexibility index (Phi) is 8.18. The van der Waals surface area contributed by atoms with Gasteiger partial charge >= 0.3 is 168 Å². The number of halogens is 1. The second kappa shape index (κ2) is 10.9. The molecule has 0 saturated heterocycles. The molecule has 1 aliphatic carbocycles. The SMILES string of the molecule is C[N+](C)=C1C=CC(=C/C=C2/C=C(c3ccccc3)[Se]c3ccccc32)C=C1.[O-][Cl+3]([O-])([O-])[O-]. The number of hydrogen-bond donors (Lipinski definition) is 0. The Balaban J connectivity index is 0.000000523. The van der Waals surface area contributed by atoms with Gasteiger partial charge in [-0.3, -0.25) is 0 Å². The van der Waals surface area contributed by atoms with Gasteiger partial charge in [0, 0.05) is 0 Å². The summed E-state index contributed by atoms with van der Waals surface area (Å²) in [6.45, 7) is 0. The first kappa shape index (κ1) is 24.1. The monoisotopic (exact) mass is 515 g/mol. The van der Waals surface area contributed by atoms with Gasteiger partial charge in [0.2, 0.25) is 0 Å². The van der Waals surface area contributed by atoms with Gasteiger partial charge in [-0.05, 0) is 0 Å². The minimum absolute atomic E-state index is 0.336. The zero-order valence-corrected chi connectivity index (χ0v) is 20.1. The van der Waals surface area contributed by atoms with Gasteiger partial charge in [-0.2, -0.15) is 0 Å². The minimum atomic E-state index is -4.94. The third-order valence-electron chi connectivity index (χ3n) is 4.63. The average molecular weight is 515 g/mol. The first-order valence-electron chi connectivity index (χ1n) is 9.69. The predicted molar refractivity (Wildman–Crippen MR) is 118 cm³/mol. The van der Waals surface area contributed by atoms with E-state index >= 15 is 0 Å². The molecule has 2 aliphatic rings. The van der Waals surface area contributed by atoms with Crippen molar-refractivity contribution >= 4 is 35.2 Å². The molecular formula is C25H22ClNO4Se. The maximum absolute atomic E-state index is 8.49. The zero-order valence-electron chi connectivity index (χ0n) is 17.6. The number of rotatable bonds is 2.